The van der Waals surface area contributed by atoms with Gasteiger partial charge in [0.2, 0.25) is 5.91 Å². The van der Waals surface area contributed by atoms with Crippen LogP contribution in [0.3, 0.4) is 0 Å². The van der Waals surface area contributed by atoms with Crippen LogP contribution in [0.25, 0.3) is 0 Å². The Labute approximate surface area is 185 Å². The first kappa shape index (κ1) is 20.1. The van der Waals surface area contributed by atoms with E-state index >= 15 is 0 Å². The molecular weight excluding hydrogens is 394 g/mol. The highest BCUT2D eigenvalue weighted by Crippen LogP contribution is 2.60. The van der Waals surface area contributed by atoms with Crippen LogP contribution in [0.2, 0.25) is 0 Å². The molecule has 0 aromatic heterocycles. The van der Waals surface area contributed by atoms with Gasteiger partial charge in [0.15, 0.2) is 5.11 Å². The van der Waals surface area contributed by atoms with E-state index in [9.17, 15) is 4.79 Å². The molecule has 6 rings (SSSR count). The van der Waals surface area contributed by atoms with Gasteiger partial charge in [0.1, 0.15) is 5.75 Å². The summed E-state index contributed by atoms with van der Waals surface area (Å²) in [5.74, 6) is 3.44. The zero-order valence-electron chi connectivity index (χ0n) is 17.9. The molecule has 0 atom stereocenters. The smallest absolute Gasteiger partial charge is 0.232 e. The predicted octanol–water partition coefficient (Wildman–Crippen LogP) is 3.82. The maximum atomic E-state index is 13.3. The molecule has 0 radical (unpaired) electrons. The Balaban J connectivity index is 1.18. The van der Waals surface area contributed by atoms with Gasteiger partial charge in [0, 0.05) is 26.2 Å². The Bertz CT molecular complexity index is 783. The summed E-state index contributed by atoms with van der Waals surface area (Å²) in [6, 6.07) is 8.22. The van der Waals surface area contributed by atoms with Gasteiger partial charge in [0.05, 0.1) is 17.7 Å². The van der Waals surface area contributed by atoms with Crippen LogP contribution >= 0.6 is 12.2 Å². The van der Waals surface area contributed by atoms with E-state index in [0.29, 0.717) is 11.7 Å². The van der Waals surface area contributed by atoms with Crippen LogP contribution in [-0.2, 0) is 4.79 Å². The maximum absolute atomic E-state index is 13.3. The topological polar surface area (TPSA) is 44.8 Å². The van der Waals surface area contributed by atoms with Crippen LogP contribution in [0.1, 0.15) is 45.4 Å². The molecule has 1 heterocycles. The van der Waals surface area contributed by atoms with Gasteiger partial charge >= 0.3 is 0 Å². The van der Waals surface area contributed by atoms with Crippen molar-refractivity contribution in [2.24, 2.45) is 23.2 Å². The molecule has 1 saturated heterocycles. The molecule has 4 bridgehead atoms. The molecule has 1 aromatic rings. The number of benzene rings is 1. The normalized spacial score (nSPS) is 32.2. The summed E-state index contributed by atoms with van der Waals surface area (Å²) in [6.07, 6.45) is 7.28. The molecule has 0 spiro atoms. The lowest BCUT2D eigenvalue weighted by molar-refractivity contribution is -0.144. The van der Waals surface area contributed by atoms with Crippen molar-refractivity contribution >= 4 is 28.9 Å². The van der Waals surface area contributed by atoms with Gasteiger partial charge in [0.25, 0.3) is 0 Å². The second-order valence-electron chi connectivity index (χ2n) is 9.83. The number of hydrogen-bond acceptors (Lipinski definition) is 4. The molecule has 0 unspecified atom stereocenters. The fourth-order valence-corrected chi connectivity index (χ4v) is 7.12. The van der Waals surface area contributed by atoms with E-state index < -0.39 is 0 Å². The molecule has 1 aromatic carbocycles. The van der Waals surface area contributed by atoms with Crippen LogP contribution in [0.15, 0.2) is 24.3 Å². The SMILES string of the molecule is CCOc1ccccc1N1CCN(C(=S)NC(=O)C23CC4CC(CC(C4)C2)C3)CC1. The molecular formula is C24H33N3O2S. The molecule has 4 saturated carbocycles. The summed E-state index contributed by atoms with van der Waals surface area (Å²) in [6.45, 7) is 6.06. The lowest BCUT2D eigenvalue weighted by Crippen LogP contribution is -2.58. The molecule has 5 fully saturated rings. The van der Waals surface area contributed by atoms with E-state index in [-0.39, 0.29) is 11.3 Å². The molecule has 6 heteroatoms. The number of rotatable bonds is 4. The second kappa shape index (κ2) is 8.03. The minimum atomic E-state index is -0.142. The lowest BCUT2D eigenvalue weighted by Gasteiger charge is -2.55. The molecule has 5 nitrogen and oxygen atoms in total. The third kappa shape index (κ3) is 3.68. The van der Waals surface area contributed by atoms with Crippen molar-refractivity contribution in [3.8, 4) is 5.75 Å². The molecule has 4 aliphatic carbocycles. The zero-order valence-corrected chi connectivity index (χ0v) is 18.8. The van der Waals surface area contributed by atoms with Crippen molar-refractivity contribution in [2.75, 3.05) is 37.7 Å². The van der Waals surface area contributed by atoms with Crippen molar-refractivity contribution < 1.29 is 9.53 Å². The first-order valence-corrected chi connectivity index (χ1v) is 12.0. The summed E-state index contributed by atoms with van der Waals surface area (Å²) >= 11 is 5.68. The average molecular weight is 428 g/mol. The minimum Gasteiger partial charge on any atom is -0.492 e. The van der Waals surface area contributed by atoms with Gasteiger partial charge in [-0.3, -0.25) is 4.79 Å². The third-order valence-electron chi connectivity index (χ3n) is 7.81. The van der Waals surface area contributed by atoms with Crippen molar-refractivity contribution in [3.05, 3.63) is 24.3 Å². The number of para-hydroxylation sites is 2. The van der Waals surface area contributed by atoms with Gasteiger partial charge < -0.3 is 19.9 Å². The van der Waals surface area contributed by atoms with E-state index in [2.05, 4.69) is 27.2 Å². The number of nitrogens with one attached hydrogen (secondary N) is 1. The Kier molecular flexibility index (Phi) is 5.38. The Hall–Kier alpha value is -1.82. The number of carbonyl (C=O) groups excluding carboxylic acids is 1. The number of thiocarbonyl (C=S) groups is 1. The fourth-order valence-electron chi connectivity index (χ4n) is 6.84. The highest BCUT2D eigenvalue weighted by Gasteiger charge is 2.54. The van der Waals surface area contributed by atoms with E-state index in [4.69, 9.17) is 17.0 Å². The van der Waals surface area contributed by atoms with Gasteiger partial charge in [-0.1, -0.05) is 12.1 Å². The third-order valence-corrected chi connectivity index (χ3v) is 8.17. The standard InChI is InChI=1S/C24H33N3O2S/c1-2-29-21-6-4-3-5-20(21)26-7-9-27(10-8-26)23(30)25-22(28)24-14-17-11-18(15-24)13-19(12-17)16-24/h3-6,17-19H,2,7-16H2,1H3,(H,25,28,30). The van der Waals surface area contributed by atoms with Crippen LogP contribution in [0, 0.1) is 23.2 Å². The van der Waals surface area contributed by atoms with E-state index in [1.807, 2.05) is 19.1 Å². The first-order chi connectivity index (χ1) is 14.6. The highest BCUT2D eigenvalue weighted by atomic mass is 32.1. The number of carbonyl (C=O) groups is 1. The average Bonchev–Trinajstić information content (AvgIpc) is 2.73. The number of hydrogen-bond donors (Lipinski definition) is 1. The van der Waals surface area contributed by atoms with Crippen molar-refractivity contribution in [1.29, 1.82) is 0 Å². The molecule has 162 valence electrons. The van der Waals surface area contributed by atoms with Crippen LogP contribution in [-0.4, -0.2) is 48.7 Å². The largest absolute Gasteiger partial charge is 0.492 e. The zero-order chi connectivity index (χ0) is 20.7. The van der Waals surface area contributed by atoms with Gasteiger partial charge in [-0.15, -0.1) is 0 Å². The van der Waals surface area contributed by atoms with Gasteiger partial charge in [-0.25, -0.2) is 0 Å². The minimum absolute atomic E-state index is 0.142. The molecule has 1 aliphatic heterocycles. The summed E-state index contributed by atoms with van der Waals surface area (Å²) in [4.78, 5) is 17.8. The van der Waals surface area contributed by atoms with Gasteiger partial charge in [-0.2, -0.15) is 0 Å². The Morgan fingerprint density at radius 1 is 1.07 bits per heavy atom. The maximum Gasteiger partial charge on any atom is 0.232 e. The summed E-state index contributed by atoms with van der Waals surface area (Å²) in [7, 11) is 0. The highest BCUT2D eigenvalue weighted by molar-refractivity contribution is 7.80. The number of amides is 1. The number of ether oxygens (including phenoxy) is 1. The Morgan fingerprint density at radius 3 is 2.27 bits per heavy atom. The first-order valence-electron chi connectivity index (χ1n) is 11.6. The lowest BCUT2D eigenvalue weighted by atomic mass is 9.49. The summed E-state index contributed by atoms with van der Waals surface area (Å²) in [5, 5.41) is 3.79. The molecule has 1 N–H and O–H groups in total. The molecule has 30 heavy (non-hydrogen) atoms. The van der Waals surface area contributed by atoms with Crippen LogP contribution in [0.4, 0.5) is 5.69 Å². The van der Waals surface area contributed by atoms with Crippen molar-refractivity contribution in [2.45, 2.75) is 45.4 Å². The van der Waals surface area contributed by atoms with Crippen LogP contribution in [0.5, 0.6) is 5.75 Å². The number of piperazine rings is 1. The molecule has 5 aliphatic rings. The fraction of sp³-hybridized carbons (Fsp3) is 0.667. The monoisotopic (exact) mass is 427 g/mol. The van der Waals surface area contributed by atoms with Crippen molar-refractivity contribution in [1.82, 2.24) is 10.2 Å². The summed E-state index contributed by atoms with van der Waals surface area (Å²) in [5.41, 5.74) is 0.999. The van der Waals surface area contributed by atoms with Crippen LogP contribution < -0.4 is 15.0 Å². The summed E-state index contributed by atoms with van der Waals surface area (Å²) < 4.78 is 5.80. The number of anilines is 1. The van der Waals surface area contributed by atoms with E-state index in [1.54, 1.807) is 0 Å². The van der Waals surface area contributed by atoms with Crippen molar-refractivity contribution in [3.63, 3.8) is 0 Å². The van der Waals surface area contributed by atoms with E-state index in [0.717, 1.165) is 74.6 Å². The predicted molar refractivity (Wildman–Crippen MR) is 123 cm³/mol. The quantitative estimate of drug-likeness (QED) is 0.740. The number of nitrogens with zero attached hydrogens (tertiary/aromatic N) is 2. The van der Waals surface area contributed by atoms with E-state index in [1.165, 1.54) is 19.3 Å². The Morgan fingerprint density at radius 2 is 1.67 bits per heavy atom. The molecule has 1 amide bonds. The van der Waals surface area contributed by atoms with Gasteiger partial charge in [-0.05, 0) is 87.6 Å². The second-order valence-corrected chi connectivity index (χ2v) is 10.2.